The van der Waals surface area contributed by atoms with Crippen LogP contribution in [0.2, 0.25) is 0 Å². The molecule has 2 atom stereocenters. The van der Waals surface area contributed by atoms with Crippen LogP contribution in [-0.4, -0.2) is 28.2 Å². The van der Waals surface area contributed by atoms with E-state index in [2.05, 4.69) is 27.5 Å². The quantitative estimate of drug-likeness (QED) is 0.657. The topological polar surface area (TPSA) is 40.4 Å². The Hall–Kier alpha value is -2.61. The van der Waals surface area contributed by atoms with E-state index in [1.54, 1.807) is 5.01 Å². The molecule has 0 N–H and O–H groups in total. The molecular formula is C22H25F3N4O. The van der Waals surface area contributed by atoms with Crippen LogP contribution < -0.4 is 0 Å². The summed E-state index contributed by atoms with van der Waals surface area (Å²) in [5.74, 6) is 0. The number of hydrogen-bond donors (Lipinski definition) is 0. The average Bonchev–Trinajstić information content (AvgIpc) is 3.18. The molecule has 5 nitrogen and oxygen atoms in total. The maximum absolute atomic E-state index is 13.1. The van der Waals surface area contributed by atoms with Crippen LogP contribution in [0.15, 0.2) is 59.0 Å². The number of benzene rings is 2. The molecule has 0 aromatic heterocycles. The van der Waals surface area contributed by atoms with Gasteiger partial charge in [-0.05, 0) is 61.2 Å². The van der Waals surface area contributed by atoms with Crippen LogP contribution in [0, 0.1) is 0 Å². The van der Waals surface area contributed by atoms with Gasteiger partial charge in [0.1, 0.15) is 0 Å². The van der Waals surface area contributed by atoms with Crippen molar-refractivity contribution in [3.63, 3.8) is 0 Å². The lowest BCUT2D eigenvalue weighted by Gasteiger charge is -2.42. The van der Waals surface area contributed by atoms with Crippen molar-refractivity contribution in [3.05, 3.63) is 70.8 Å². The highest BCUT2D eigenvalue weighted by Crippen LogP contribution is 2.39. The molecule has 0 bridgehead atoms. The zero-order valence-electron chi connectivity index (χ0n) is 17.2. The molecule has 30 heavy (non-hydrogen) atoms. The van der Waals surface area contributed by atoms with Gasteiger partial charge >= 0.3 is 6.18 Å². The molecule has 8 heteroatoms. The molecule has 0 saturated heterocycles. The first kappa shape index (κ1) is 20.7. The minimum Gasteiger partial charge on any atom is -0.349 e. The van der Waals surface area contributed by atoms with E-state index >= 15 is 0 Å². The van der Waals surface area contributed by atoms with Crippen molar-refractivity contribution < 1.29 is 18.0 Å². The van der Waals surface area contributed by atoms with Crippen molar-refractivity contribution in [1.82, 2.24) is 9.91 Å². The van der Waals surface area contributed by atoms with Crippen molar-refractivity contribution >= 4 is 0 Å². The molecule has 2 unspecified atom stereocenters. The van der Waals surface area contributed by atoms with Crippen LogP contribution in [0.1, 0.15) is 49.1 Å². The van der Waals surface area contributed by atoms with Crippen LogP contribution >= 0.6 is 0 Å². The second-order valence-electron chi connectivity index (χ2n) is 8.74. The highest BCUT2D eigenvalue weighted by atomic mass is 19.4. The van der Waals surface area contributed by atoms with E-state index in [1.165, 1.54) is 23.3 Å². The van der Waals surface area contributed by atoms with Gasteiger partial charge in [0.2, 0.25) is 6.23 Å². The Labute approximate surface area is 174 Å². The molecule has 160 valence electrons. The first-order chi connectivity index (χ1) is 14.1. The van der Waals surface area contributed by atoms with Crippen molar-refractivity contribution in [2.24, 2.45) is 10.5 Å². The van der Waals surface area contributed by atoms with E-state index in [1.807, 2.05) is 32.9 Å². The number of rotatable bonds is 3. The monoisotopic (exact) mass is 418 g/mol. The molecule has 0 saturated carbocycles. The zero-order chi connectivity index (χ0) is 21.5. The molecule has 0 spiro atoms. The van der Waals surface area contributed by atoms with E-state index in [4.69, 9.17) is 4.84 Å². The molecule has 2 aromatic carbocycles. The smallest absolute Gasteiger partial charge is 0.349 e. The van der Waals surface area contributed by atoms with Crippen molar-refractivity contribution in [1.29, 1.82) is 0 Å². The lowest BCUT2D eigenvalue weighted by atomic mass is 9.94. The molecule has 0 radical (unpaired) electrons. The van der Waals surface area contributed by atoms with Crippen molar-refractivity contribution in [2.45, 2.75) is 57.7 Å². The van der Waals surface area contributed by atoms with E-state index < -0.39 is 18.0 Å². The number of halogens is 3. The summed E-state index contributed by atoms with van der Waals surface area (Å²) in [6, 6.07) is 13.3. The highest BCUT2D eigenvalue weighted by molar-refractivity contribution is 5.32. The van der Waals surface area contributed by atoms with E-state index in [-0.39, 0.29) is 11.6 Å². The second kappa shape index (κ2) is 7.58. The summed E-state index contributed by atoms with van der Waals surface area (Å²) in [5, 5.41) is 9.75. The Kier molecular flexibility index (Phi) is 5.22. The normalized spacial score (nSPS) is 20.7. The van der Waals surface area contributed by atoms with Gasteiger partial charge in [-0.25, -0.2) is 5.01 Å². The minimum atomic E-state index is -4.37. The lowest BCUT2D eigenvalue weighted by Crippen LogP contribution is -2.50. The van der Waals surface area contributed by atoms with Crippen LogP contribution in [-0.2, 0) is 24.0 Å². The van der Waals surface area contributed by atoms with Crippen molar-refractivity contribution in [2.75, 3.05) is 6.54 Å². The maximum atomic E-state index is 13.1. The molecular weight excluding hydrogens is 393 g/mol. The Bertz CT molecular complexity index is 921. The van der Waals surface area contributed by atoms with E-state index in [0.29, 0.717) is 6.54 Å². The third-order valence-corrected chi connectivity index (χ3v) is 5.62. The first-order valence-corrected chi connectivity index (χ1v) is 9.99. The maximum Gasteiger partial charge on any atom is 0.416 e. The summed E-state index contributed by atoms with van der Waals surface area (Å²) in [7, 11) is 0. The SMILES string of the molecule is CC(C)(C)N1N=NOC1C(c1ccc(C(F)(F)F)cc1)N1CCc2ccccc2C1. The molecule has 2 aromatic rings. The molecule has 4 rings (SSSR count). The van der Waals surface area contributed by atoms with Gasteiger partial charge in [-0.2, -0.15) is 13.2 Å². The van der Waals surface area contributed by atoms with Crippen LogP contribution in [0.3, 0.4) is 0 Å². The standard InChI is InChI=1S/C22H25F3N4O/c1-21(2,3)29-20(30-27-26-29)19(16-8-10-18(11-9-16)22(23,24)25)28-13-12-15-6-4-5-7-17(15)14-28/h4-11,19-20H,12-14H2,1-3H3. The van der Waals surface area contributed by atoms with Gasteiger partial charge in [0.15, 0.2) is 0 Å². The van der Waals surface area contributed by atoms with Gasteiger partial charge in [-0.1, -0.05) is 36.4 Å². The van der Waals surface area contributed by atoms with Crippen LogP contribution in [0.4, 0.5) is 13.2 Å². The van der Waals surface area contributed by atoms with Gasteiger partial charge in [0.25, 0.3) is 0 Å². The van der Waals surface area contributed by atoms with Crippen molar-refractivity contribution in [3.8, 4) is 0 Å². The van der Waals surface area contributed by atoms with Gasteiger partial charge in [-0.15, -0.1) is 0 Å². The van der Waals surface area contributed by atoms with Gasteiger partial charge in [0, 0.05) is 18.4 Å². The number of nitrogens with zero attached hydrogens (tertiary/aromatic N) is 4. The Balaban J connectivity index is 1.71. The first-order valence-electron chi connectivity index (χ1n) is 9.99. The molecule has 0 amide bonds. The molecule has 2 aliphatic rings. The largest absolute Gasteiger partial charge is 0.416 e. The number of fused-ring (bicyclic) bond motifs is 1. The molecule has 0 fully saturated rings. The van der Waals surface area contributed by atoms with Gasteiger partial charge < -0.3 is 4.84 Å². The van der Waals surface area contributed by atoms with E-state index in [9.17, 15) is 13.2 Å². The summed E-state index contributed by atoms with van der Waals surface area (Å²) < 4.78 is 39.3. The predicted octanol–water partition coefficient (Wildman–Crippen LogP) is 5.54. The molecule has 2 heterocycles. The van der Waals surface area contributed by atoms with Gasteiger partial charge in [0.05, 0.1) is 17.1 Å². The summed E-state index contributed by atoms with van der Waals surface area (Å²) in [6.45, 7) is 7.45. The van der Waals surface area contributed by atoms with E-state index in [0.717, 1.165) is 30.7 Å². The second-order valence-corrected chi connectivity index (χ2v) is 8.74. The van der Waals surface area contributed by atoms with Crippen LogP contribution in [0.5, 0.6) is 0 Å². The fourth-order valence-corrected chi connectivity index (χ4v) is 4.09. The summed E-state index contributed by atoms with van der Waals surface area (Å²) in [4.78, 5) is 7.91. The van der Waals surface area contributed by atoms with Crippen LogP contribution in [0.25, 0.3) is 0 Å². The van der Waals surface area contributed by atoms with Gasteiger partial charge in [-0.3, -0.25) is 4.90 Å². The Morgan fingerprint density at radius 1 is 1.00 bits per heavy atom. The predicted molar refractivity (Wildman–Crippen MR) is 106 cm³/mol. The fraction of sp³-hybridized carbons (Fsp3) is 0.455. The summed E-state index contributed by atoms with van der Waals surface area (Å²) >= 11 is 0. The number of hydrogen-bond acceptors (Lipinski definition) is 5. The highest BCUT2D eigenvalue weighted by Gasteiger charge is 2.43. The summed E-state index contributed by atoms with van der Waals surface area (Å²) in [5.41, 5.74) is 2.24. The molecule has 0 aliphatic carbocycles. The zero-order valence-corrected chi connectivity index (χ0v) is 17.2. The lowest BCUT2D eigenvalue weighted by molar-refractivity contribution is -0.137. The minimum absolute atomic E-state index is 0.324. The Morgan fingerprint density at radius 2 is 1.67 bits per heavy atom. The average molecular weight is 418 g/mol. The molecule has 2 aliphatic heterocycles. The third kappa shape index (κ3) is 4.01. The summed E-state index contributed by atoms with van der Waals surface area (Å²) in [6.07, 6.45) is -4.04. The Morgan fingerprint density at radius 3 is 2.30 bits per heavy atom. The number of alkyl halides is 3. The fourth-order valence-electron chi connectivity index (χ4n) is 4.09. The third-order valence-electron chi connectivity index (χ3n) is 5.62.